The van der Waals surface area contributed by atoms with Crippen LogP contribution in [0.4, 0.5) is 0 Å². The Kier molecular flexibility index (Phi) is 7.17. The smallest absolute Gasteiger partial charge is 0.315 e. The molecule has 3 aromatic rings. The monoisotopic (exact) mass is 439 g/mol. The van der Waals surface area contributed by atoms with Crippen molar-refractivity contribution >= 4 is 29.0 Å². The Balaban J connectivity index is 1.74. The van der Waals surface area contributed by atoms with Crippen LogP contribution in [0.1, 0.15) is 11.1 Å². The first-order valence-electron chi connectivity index (χ1n) is 9.66. The van der Waals surface area contributed by atoms with Crippen molar-refractivity contribution in [1.29, 1.82) is 5.41 Å². The van der Waals surface area contributed by atoms with E-state index in [2.05, 4.69) is 15.5 Å². The van der Waals surface area contributed by atoms with E-state index in [4.69, 9.17) is 30.1 Å². The summed E-state index contributed by atoms with van der Waals surface area (Å²) in [6, 6.07) is 8.78. The van der Waals surface area contributed by atoms with Gasteiger partial charge in [-0.25, -0.2) is 5.43 Å². The minimum atomic E-state index is -0.428. The van der Waals surface area contributed by atoms with Gasteiger partial charge >= 0.3 is 5.97 Å². The van der Waals surface area contributed by atoms with Crippen LogP contribution in [-0.2, 0) is 17.6 Å². The van der Waals surface area contributed by atoms with Crippen molar-refractivity contribution in [3.63, 3.8) is 0 Å². The lowest BCUT2D eigenvalue weighted by Gasteiger charge is -2.14. The molecule has 0 amide bonds. The lowest BCUT2D eigenvalue weighted by molar-refractivity contribution is -0.133. The van der Waals surface area contributed by atoms with E-state index in [-0.39, 0.29) is 12.4 Å². The standard InChI is InChI=1S/C22H25N5O5/c1-29-18-8-13(9-19(30-2)21(18)31-3)10-20(28)32-15-4-5-17-16(11-15)14(12-25-17)6-7-26-27-22(23)24/h4-5,7-9,11-12,25H,6,10H2,1-3H3,(H4,23,24,27). The van der Waals surface area contributed by atoms with Crippen molar-refractivity contribution in [2.75, 3.05) is 21.3 Å². The average molecular weight is 439 g/mol. The van der Waals surface area contributed by atoms with Crippen LogP contribution in [0, 0.1) is 5.41 Å². The Morgan fingerprint density at radius 3 is 2.50 bits per heavy atom. The van der Waals surface area contributed by atoms with Gasteiger partial charge in [0.1, 0.15) is 5.75 Å². The summed E-state index contributed by atoms with van der Waals surface area (Å²) in [5, 5.41) is 11.9. The lowest BCUT2D eigenvalue weighted by atomic mass is 10.1. The SMILES string of the molecule is COc1cc(CC(=O)Oc2ccc3[nH]cc(CC=NNC(=N)N)c3c2)cc(OC)c1OC. The van der Waals surface area contributed by atoms with Gasteiger partial charge in [0.2, 0.25) is 11.7 Å². The van der Waals surface area contributed by atoms with Crippen LogP contribution < -0.4 is 30.1 Å². The van der Waals surface area contributed by atoms with E-state index in [1.807, 2.05) is 12.3 Å². The Bertz CT molecular complexity index is 1130. The first-order chi connectivity index (χ1) is 15.4. The zero-order valence-corrected chi connectivity index (χ0v) is 18.0. The first-order valence-corrected chi connectivity index (χ1v) is 9.66. The molecule has 3 rings (SSSR count). The van der Waals surface area contributed by atoms with E-state index >= 15 is 0 Å². The zero-order valence-electron chi connectivity index (χ0n) is 18.0. The molecular formula is C22H25N5O5. The van der Waals surface area contributed by atoms with Gasteiger partial charge in [-0.3, -0.25) is 10.2 Å². The van der Waals surface area contributed by atoms with Gasteiger partial charge in [-0.2, -0.15) is 5.10 Å². The lowest BCUT2D eigenvalue weighted by Crippen LogP contribution is -2.25. The number of H-pyrrole nitrogens is 1. The zero-order chi connectivity index (χ0) is 23.1. The number of benzene rings is 2. The third-order valence-electron chi connectivity index (χ3n) is 4.63. The van der Waals surface area contributed by atoms with Crippen LogP contribution >= 0.6 is 0 Å². The molecule has 0 fully saturated rings. The molecule has 10 nitrogen and oxygen atoms in total. The van der Waals surface area contributed by atoms with Crippen LogP contribution in [0.5, 0.6) is 23.0 Å². The Labute approximate surface area is 184 Å². The topological polar surface area (TPSA) is 144 Å². The number of nitrogens with zero attached hydrogens (tertiary/aromatic N) is 1. The Morgan fingerprint density at radius 2 is 1.88 bits per heavy atom. The summed E-state index contributed by atoms with van der Waals surface area (Å²) in [7, 11) is 4.55. The molecule has 0 aliphatic carbocycles. The molecule has 5 N–H and O–H groups in total. The maximum absolute atomic E-state index is 12.6. The highest BCUT2D eigenvalue weighted by Crippen LogP contribution is 2.38. The summed E-state index contributed by atoms with van der Waals surface area (Å²) in [6.45, 7) is 0. The molecule has 1 aromatic heterocycles. The molecule has 1 heterocycles. The molecule has 0 radical (unpaired) electrons. The number of rotatable bonds is 9. The Morgan fingerprint density at radius 1 is 1.16 bits per heavy atom. The number of guanidine groups is 1. The average Bonchev–Trinajstić information content (AvgIpc) is 3.17. The number of nitrogens with one attached hydrogen (secondary N) is 3. The Hall–Kier alpha value is -4.21. The minimum Gasteiger partial charge on any atom is -0.493 e. The van der Waals surface area contributed by atoms with Gasteiger partial charge < -0.3 is 29.7 Å². The fraction of sp³-hybridized carbons (Fsp3) is 0.227. The van der Waals surface area contributed by atoms with Crippen molar-refractivity contribution in [3.8, 4) is 23.0 Å². The van der Waals surface area contributed by atoms with E-state index < -0.39 is 5.97 Å². The second-order valence-electron chi connectivity index (χ2n) is 6.75. The number of carbonyl (C=O) groups excluding carboxylic acids is 1. The van der Waals surface area contributed by atoms with Crippen LogP contribution in [-0.4, -0.2) is 44.5 Å². The van der Waals surface area contributed by atoms with Crippen molar-refractivity contribution in [2.24, 2.45) is 10.8 Å². The van der Waals surface area contributed by atoms with Gasteiger partial charge in [0.15, 0.2) is 11.5 Å². The first kappa shape index (κ1) is 22.5. The molecule has 0 spiro atoms. The van der Waals surface area contributed by atoms with Crippen molar-refractivity contribution in [1.82, 2.24) is 10.4 Å². The third-order valence-corrected chi connectivity index (χ3v) is 4.63. The molecule has 32 heavy (non-hydrogen) atoms. The molecule has 0 aliphatic rings. The van der Waals surface area contributed by atoms with Crippen molar-refractivity contribution < 1.29 is 23.7 Å². The number of methoxy groups -OCH3 is 3. The third kappa shape index (κ3) is 5.28. The fourth-order valence-electron chi connectivity index (χ4n) is 3.22. The number of carbonyl (C=O) groups is 1. The van der Waals surface area contributed by atoms with Crippen molar-refractivity contribution in [3.05, 3.63) is 47.7 Å². The molecule has 0 aliphatic heterocycles. The van der Waals surface area contributed by atoms with Gasteiger partial charge in [0, 0.05) is 29.7 Å². The summed E-state index contributed by atoms with van der Waals surface area (Å²) in [4.78, 5) is 15.7. The number of hydrogen-bond donors (Lipinski definition) is 4. The molecule has 0 bridgehead atoms. The summed E-state index contributed by atoms with van der Waals surface area (Å²) >= 11 is 0. The predicted molar refractivity (Wildman–Crippen MR) is 121 cm³/mol. The highest BCUT2D eigenvalue weighted by Gasteiger charge is 2.16. The number of aromatic nitrogens is 1. The second-order valence-corrected chi connectivity index (χ2v) is 6.75. The van der Waals surface area contributed by atoms with Gasteiger partial charge in [0.05, 0.1) is 27.8 Å². The summed E-state index contributed by atoms with van der Waals surface area (Å²) < 4.78 is 21.5. The number of fused-ring (bicyclic) bond motifs is 1. The van der Waals surface area contributed by atoms with Crippen molar-refractivity contribution in [2.45, 2.75) is 12.8 Å². The van der Waals surface area contributed by atoms with Gasteiger partial charge in [-0.15, -0.1) is 0 Å². The predicted octanol–water partition coefficient (Wildman–Crippen LogP) is 2.35. The van der Waals surface area contributed by atoms with E-state index in [0.29, 0.717) is 35.0 Å². The molecule has 0 atom stereocenters. The van der Waals surface area contributed by atoms with Gasteiger partial charge in [-0.1, -0.05) is 0 Å². The maximum atomic E-state index is 12.6. The van der Waals surface area contributed by atoms with Crippen LogP contribution in [0.3, 0.4) is 0 Å². The minimum absolute atomic E-state index is 0.0259. The summed E-state index contributed by atoms with van der Waals surface area (Å²) in [5.41, 5.74) is 10.1. The normalized spacial score (nSPS) is 10.8. The summed E-state index contributed by atoms with van der Waals surface area (Å²) in [6.07, 6.45) is 3.99. The number of hydrogen-bond acceptors (Lipinski definition) is 7. The number of hydrazone groups is 1. The number of aromatic amines is 1. The maximum Gasteiger partial charge on any atom is 0.315 e. The summed E-state index contributed by atoms with van der Waals surface area (Å²) in [5.74, 6) is 1.15. The molecule has 0 saturated heterocycles. The highest BCUT2D eigenvalue weighted by molar-refractivity contribution is 5.88. The van der Waals surface area contributed by atoms with E-state index in [1.165, 1.54) is 21.3 Å². The number of ether oxygens (including phenoxy) is 4. The van der Waals surface area contributed by atoms with E-state index in [9.17, 15) is 4.79 Å². The quantitative estimate of drug-likeness (QED) is 0.132. The van der Waals surface area contributed by atoms with Gasteiger partial charge in [0.25, 0.3) is 0 Å². The van der Waals surface area contributed by atoms with Crippen LogP contribution in [0.15, 0.2) is 41.6 Å². The van der Waals surface area contributed by atoms with E-state index in [0.717, 1.165) is 16.5 Å². The van der Waals surface area contributed by atoms with Crippen LogP contribution in [0.25, 0.3) is 10.9 Å². The highest BCUT2D eigenvalue weighted by atomic mass is 16.5. The molecule has 2 aromatic carbocycles. The van der Waals surface area contributed by atoms with Crippen LogP contribution in [0.2, 0.25) is 0 Å². The molecule has 10 heteroatoms. The van der Waals surface area contributed by atoms with Gasteiger partial charge in [-0.05, 0) is 41.5 Å². The fourth-order valence-corrected chi connectivity index (χ4v) is 3.22. The number of esters is 1. The number of nitrogens with two attached hydrogens (primary N) is 1. The molecular weight excluding hydrogens is 414 g/mol. The second kappa shape index (κ2) is 10.2. The molecule has 0 unspecified atom stereocenters. The van der Waals surface area contributed by atoms with E-state index in [1.54, 1.807) is 30.5 Å². The molecule has 0 saturated carbocycles. The largest absolute Gasteiger partial charge is 0.493 e. The molecule has 168 valence electrons.